The molecule has 2 heterocycles. The highest BCUT2D eigenvalue weighted by Gasteiger charge is 2.31. The van der Waals surface area contributed by atoms with Crippen LogP contribution in [0.4, 0.5) is 0 Å². The van der Waals surface area contributed by atoms with E-state index in [1.54, 1.807) is 25.4 Å². The molecule has 4 nitrogen and oxygen atoms in total. The Hall–Kier alpha value is -1.85. The smallest absolute Gasteiger partial charge is 0.220 e. The zero-order valence-corrected chi connectivity index (χ0v) is 14.4. The van der Waals surface area contributed by atoms with Crippen molar-refractivity contribution >= 4 is 17.2 Å². The van der Waals surface area contributed by atoms with Crippen molar-refractivity contribution in [1.82, 2.24) is 9.80 Å². The topological polar surface area (TPSA) is 32.8 Å². The van der Waals surface area contributed by atoms with Crippen LogP contribution in [0.15, 0.2) is 41.8 Å². The van der Waals surface area contributed by atoms with Crippen molar-refractivity contribution in [3.63, 3.8) is 0 Å². The number of nitrogens with zero attached hydrogens (tertiary/aromatic N) is 2. The van der Waals surface area contributed by atoms with Gasteiger partial charge in [0, 0.05) is 43.5 Å². The number of carbonyl (C=O) groups is 1. The SMILES string of the molecule is COc1ccccc1[C@@H]1CN(Cc2cccs2)CCN1C(C)=O. The standard InChI is InChI=1S/C18H22N2O2S/c1-14(21)20-10-9-19(12-15-6-5-11-23-15)13-17(20)16-7-3-4-8-18(16)22-2/h3-8,11,17H,9-10,12-13H2,1-2H3/t17-/m0/s1. The molecule has 1 fully saturated rings. The number of amides is 1. The number of ether oxygens (including phenoxy) is 1. The summed E-state index contributed by atoms with van der Waals surface area (Å²) in [5.41, 5.74) is 1.08. The van der Waals surface area contributed by atoms with Gasteiger partial charge in [0.25, 0.3) is 0 Å². The van der Waals surface area contributed by atoms with Gasteiger partial charge in [-0.25, -0.2) is 0 Å². The zero-order valence-electron chi connectivity index (χ0n) is 13.6. The number of benzene rings is 1. The van der Waals surface area contributed by atoms with Crippen LogP contribution >= 0.6 is 11.3 Å². The van der Waals surface area contributed by atoms with E-state index < -0.39 is 0 Å². The fraction of sp³-hybridized carbons (Fsp3) is 0.389. The summed E-state index contributed by atoms with van der Waals surface area (Å²) in [5, 5.41) is 2.11. The lowest BCUT2D eigenvalue weighted by molar-refractivity contribution is -0.134. The molecule has 0 N–H and O–H groups in total. The number of methoxy groups -OCH3 is 1. The summed E-state index contributed by atoms with van der Waals surface area (Å²) >= 11 is 1.78. The second kappa shape index (κ2) is 7.15. The first kappa shape index (κ1) is 16.0. The average molecular weight is 330 g/mol. The second-order valence-electron chi connectivity index (χ2n) is 5.78. The normalized spacial score (nSPS) is 18.9. The minimum absolute atomic E-state index is 0.0392. The van der Waals surface area contributed by atoms with Gasteiger partial charge in [-0.3, -0.25) is 9.69 Å². The van der Waals surface area contributed by atoms with E-state index >= 15 is 0 Å². The lowest BCUT2D eigenvalue weighted by Gasteiger charge is -2.41. The van der Waals surface area contributed by atoms with Crippen LogP contribution in [0.3, 0.4) is 0 Å². The molecule has 5 heteroatoms. The lowest BCUT2D eigenvalue weighted by atomic mass is 10.0. The van der Waals surface area contributed by atoms with Gasteiger partial charge >= 0.3 is 0 Å². The molecular formula is C18H22N2O2S. The van der Waals surface area contributed by atoms with Crippen LogP contribution in [0.1, 0.15) is 23.4 Å². The highest BCUT2D eigenvalue weighted by Crippen LogP contribution is 2.32. The Balaban J connectivity index is 1.84. The summed E-state index contributed by atoms with van der Waals surface area (Å²) < 4.78 is 5.51. The number of carbonyl (C=O) groups excluding carboxylic acids is 1. The molecule has 1 saturated heterocycles. The third-order valence-corrected chi connectivity index (χ3v) is 5.19. The maximum Gasteiger partial charge on any atom is 0.220 e. The number of para-hydroxylation sites is 1. The number of thiophene rings is 1. The molecule has 2 aromatic rings. The second-order valence-corrected chi connectivity index (χ2v) is 6.82. The summed E-state index contributed by atoms with van der Waals surface area (Å²) in [5.74, 6) is 0.971. The van der Waals surface area contributed by atoms with Crippen LogP contribution in [-0.4, -0.2) is 42.5 Å². The molecule has 0 radical (unpaired) electrons. The van der Waals surface area contributed by atoms with Gasteiger partial charge in [0.2, 0.25) is 5.91 Å². The van der Waals surface area contributed by atoms with Crippen LogP contribution in [0.25, 0.3) is 0 Å². The molecule has 122 valence electrons. The molecule has 1 aliphatic rings. The number of hydrogen-bond acceptors (Lipinski definition) is 4. The van der Waals surface area contributed by atoms with Crippen LogP contribution in [-0.2, 0) is 11.3 Å². The van der Waals surface area contributed by atoms with Crippen LogP contribution in [0.2, 0.25) is 0 Å². The molecule has 1 aromatic carbocycles. The Morgan fingerprint density at radius 2 is 2.09 bits per heavy atom. The monoisotopic (exact) mass is 330 g/mol. The van der Waals surface area contributed by atoms with Crippen molar-refractivity contribution in [1.29, 1.82) is 0 Å². The third kappa shape index (κ3) is 3.57. The van der Waals surface area contributed by atoms with Gasteiger partial charge < -0.3 is 9.64 Å². The zero-order chi connectivity index (χ0) is 16.2. The predicted molar refractivity (Wildman–Crippen MR) is 92.7 cm³/mol. The maximum absolute atomic E-state index is 12.1. The minimum atomic E-state index is 0.0392. The quantitative estimate of drug-likeness (QED) is 0.863. The summed E-state index contributed by atoms with van der Waals surface area (Å²) in [6.45, 7) is 5.08. The average Bonchev–Trinajstić information content (AvgIpc) is 3.07. The molecule has 0 aliphatic carbocycles. The Kier molecular flexibility index (Phi) is 4.98. The van der Waals surface area contributed by atoms with Gasteiger partial charge in [0.1, 0.15) is 5.75 Å². The van der Waals surface area contributed by atoms with Crippen molar-refractivity contribution < 1.29 is 9.53 Å². The van der Waals surface area contributed by atoms with Crippen molar-refractivity contribution in [3.8, 4) is 5.75 Å². The van der Waals surface area contributed by atoms with Gasteiger partial charge in [0.15, 0.2) is 0 Å². The summed E-state index contributed by atoms with van der Waals surface area (Å²) in [6.07, 6.45) is 0. The molecule has 0 spiro atoms. The summed E-state index contributed by atoms with van der Waals surface area (Å²) in [6, 6.07) is 12.3. The third-order valence-electron chi connectivity index (χ3n) is 4.33. The van der Waals surface area contributed by atoms with Crippen molar-refractivity contribution in [2.75, 3.05) is 26.7 Å². The molecule has 0 saturated carbocycles. The van der Waals surface area contributed by atoms with E-state index in [2.05, 4.69) is 28.5 Å². The van der Waals surface area contributed by atoms with Crippen LogP contribution < -0.4 is 4.74 Å². The largest absolute Gasteiger partial charge is 0.496 e. The number of rotatable bonds is 4. The van der Waals surface area contributed by atoms with Crippen molar-refractivity contribution in [3.05, 3.63) is 52.2 Å². The van der Waals surface area contributed by atoms with E-state index in [1.807, 2.05) is 23.1 Å². The molecule has 23 heavy (non-hydrogen) atoms. The lowest BCUT2D eigenvalue weighted by Crippen LogP contribution is -2.49. The van der Waals surface area contributed by atoms with E-state index in [-0.39, 0.29) is 11.9 Å². The molecule has 0 bridgehead atoms. The fourth-order valence-corrected chi connectivity index (χ4v) is 3.94. The predicted octanol–water partition coefficient (Wildman–Crippen LogP) is 3.16. The van der Waals surface area contributed by atoms with Gasteiger partial charge in [0.05, 0.1) is 13.2 Å². The van der Waals surface area contributed by atoms with Crippen LogP contribution in [0.5, 0.6) is 5.75 Å². The first-order chi connectivity index (χ1) is 11.2. The maximum atomic E-state index is 12.1. The van der Waals surface area contributed by atoms with E-state index in [4.69, 9.17) is 4.74 Å². The van der Waals surface area contributed by atoms with Crippen LogP contribution in [0, 0.1) is 0 Å². The number of hydrogen-bond donors (Lipinski definition) is 0. The van der Waals surface area contributed by atoms with Gasteiger partial charge in [-0.15, -0.1) is 11.3 Å². The first-order valence-corrected chi connectivity index (χ1v) is 8.72. The fourth-order valence-electron chi connectivity index (χ4n) is 3.19. The molecule has 3 rings (SSSR count). The Bertz CT molecular complexity index is 657. The van der Waals surface area contributed by atoms with E-state index in [0.717, 1.165) is 37.5 Å². The highest BCUT2D eigenvalue weighted by molar-refractivity contribution is 7.09. The number of piperazine rings is 1. The van der Waals surface area contributed by atoms with Gasteiger partial charge in [-0.1, -0.05) is 24.3 Å². The molecule has 1 atom stereocenters. The minimum Gasteiger partial charge on any atom is -0.496 e. The van der Waals surface area contributed by atoms with E-state index in [1.165, 1.54) is 4.88 Å². The summed E-state index contributed by atoms with van der Waals surface area (Å²) in [7, 11) is 1.68. The molecular weight excluding hydrogens is 308 g/mol. The van der Waals surface area contributed by atoms with E-state index in [0.29, 0.717) is 0 Å². The van der Waals surface area contributed by atoms with Gasteiger partial charge in [-0.2, -0.15) is 0 Å². The molecule has 0 unspecified atom stereocenters. The van der Waals surface area contributed by atoms with Crippen molar-refractivity contribution in [2.24, 2.45) is 0 Å². The molecule has 1 aromatic heterocycles. The van der Waals surface area contributed by atoms with Crippen molar-refractivity contribution in [2.45, 2.75) is 19.5 Å². The molecule has 1 amide bonds. The van der Waals surface area contributed by atoms with Gasteiger partial charge in [-0.05, 0) is 17.5 Å². The van der Waals surface area contributed by atoms with E-state index in [9.17, 15) is 4.79 Å². The Morgan fingerprint density at radius 1 is 1.26 bits per heavy atom. The summed E-state index contributed by atoms with van der Waals surface area (Å²) in [4.78, 5) is 17.8. The Morgan fingerprint density at radius 3 is 2.78 bits per heavy atom. The highest BCUT2D eigenvalue weighted by atomic mass is 32.1. The Labute approximate surface area is 141 Å². The first-order valence-electron chi connectivity index (χ1n) is 7.84. The molecule has 1 aliphatic heterocycles.